The van der Waals surface area contributed by atoms with Crippen molar-refractivity contribution in [2.75, 3.05) is 19.6 Å². The van der Waals surface area contributed by atoms with Crippen LogP contribution in [0.5, 0.6) is 0 Å². The summed E-state index contributed by atoms with van der Waals surface area (Å²) < 4.78 is 13.0. The average Bonchev–Trinajstić information content (AvgIpc) is 2.47. The molecule has 1 fully saturated rings. The highest BCUT2D eigenvalue weighted by atomic mass is 19.1. The van der Waals surface area contributed by atoms with Gasteiger partial charge in [0.1, 0.15) is 5.82 Å². The van der Waals surface area contributed by atoms with Gasteiger partial charge in [0.25, 0.3) is 0 Å². The number of piperidine rings is 1. The smallest absolute Gasteiger partial charge is 0.123 e. The van der Waals surface area contributed by atoms with Gasteiger partial charge in [0.2, 0.25) is 0 Å². The first-order valence-corrected chi connectivity index (χ1v) is 7.92. The van der Waals surface area contributed by atoms with Gasteiger partial charge in [-0.3, -0.25) is 4.90 Å². The minimum atomic E-state index is -0.168. The van der Waals surface area contributed by atoms with Gasteiger partial charge in [-0.2, -0.15) is 0 Å². The van der Waals surface area contributed by atoms with Gasteiger partial charge in [-0.1, -0.05) is 23.8 Å². The van der Waals surface area contributed by atoms with Gasteiger partial charge in [-0.05, 0) is 64.4 Å². The second kappa shape index (κ2) is 7.71. The largest absolute Gasteiger partial charge is 0.307 e. The molecule has 1 heterocycles. The van der Waals surface area contributed by atoms with Gasteiger partial charge < -0.3 is 5.32 Å². The molecule has 2 rings (SSSR count). The minimum absolute atomic E-state index is 0.168. The first-order chi connectivity index (χ1) is 10.0. The Morgan fingerprint density at radius 2 is 1.90 bits per heavy atom. The zero-order valence-electron chi connectivity index (χ0n) is 13.4. The van der Waals surface area contributed by atoms with Crippen LogP contribution in [0.1, 0.15) is 45.2 Å². The molecule has 116 valence electrons. The van der Waals surface area contributed by atoms with Crippen LogP contribution in [0.3, 0.4) is 0 Å². The summed E-state index contributed by atoms with van der Waals surface area (Å²) in [5, 5.41) is 3.68. The van der Waals surface area contributed by atoms with Crippen LogP contribution >= 0.6 is 0 Å². The third kappa shape index (κ3) is 5.25. The lowest BCUT2D eigenvalue weighted by Gasteiger charge is -2.33. The van der Waals surface area contributed by atoms with E-state index >= 15 is 0 Å². The molecule has 0 aliphatic carbocycles. The lowest BCUT2D eigenvalue weighted by atomic mass is 10.0. The van der Waals surface area contributed by atoms with Crippen molar-refractivity contribution >= 4 is 0 Å². The highest BCUT2D eigenvalue weighted by Crippen LogP contribution is 2.18. The molecule has 1 aliphatic rings. The fraction of sp³-hybridized carbons (Fsp3) is 0.556. The van der Waals surface area contributed by atoms with E-state index in [2.05, 4.69) is 37.1 Å². The van der Waals surface area contributed by atoms with E-state index in [0.717, 1.165) is 25.2 Å². The Bertz CT molecular complexity index is 455. The molecule has 1 saturated heterocycles. The normalized spacial score (nSPS) is 18.5. The summed E-state index contributed by atoms with van der Waals surface area (Å²) in [6.07, 6.45) is 4.67. The lowest BCUT2D eigenvalue weighted by molar-refractivity contribution is 0.208. The Balaban J connectivity index is 1.78. The zero-order valence-corrected chi connectivity index (χ0v) is 13.4. The van der Waals surface area contributed by atoms with Gasteiger partial charge >= 0.3 is 0 Å². The molecule has 1 atom stereocenters. The number of likely N-dealkylation sites (tertiary alicyclic amines) is 1. The number of hydrogen-bond acceptors (Lipinski definition) is 2. The highest BCUT2D eigenvalue weighted by molar-refractivity contribution is 5.19. The van der Waals surface area contributed by atoms with E-state index in [1.54, 1.807) is 0 Å². The molecule has 2 nitrogen and oxygen atoms in total. The van der Waals surface area contributed by atoms with Crippen LogP contribution in [0.2, 0.25) is 0 Å². The van der Waals surface area contributed by atoms with Gasteiger partial charge in [0, 0.05) is 18.6 Å². The number of nitrogens with one attached hydrogen (secondary N) is 1. The molecule has 0 unspecified atom stereocenters. The van der Waals surface area contributed by atoms with Crippen LogP contribution < -0.4 is 5.32 Å². The quantitative estimate of drug-likeness (QED) is 0.827. The molecular formula is C18H27FN2. The van der Waals surface area contributed by atoms with E-state index in [1.807, 2.05) is 12.1 Å². The van der Waals surface area contributed by atoms with Gasteiger partial charge in [-0.25, -0.2) is 4.39 Å². The van der Waals surface area contributed by atoms with Crippen molar-refractivity contribution in [3.05, 3.63) is 47.3 Å². The second-order valence-corrected chi connectivity index (χ2v) is 6.30. The Morgan fingerprint density at radius 3 is 2.48 bits per heavy atom. The molecule has 1 aromatic carbocycles. The van der Waals surface area contributed by atoms with Crippen LogP contribution in [0.4, 0.5) is 4.39 Å². The van der Waals surface area contributed by atoms with Crippen molar-refractivity contribution in [1.29, 1.82) is 0 Å². The summed E-state index contributed by atoms with van der Waals surface area (Å²) in [4.78, 5) is 2.51. The van der Waals surface area contributed by atoms with Crippen molar-refractivity contribution in [2.24, 2.45) is 0 Å². The molecule has 0 aromatic heterocycles. The van der Waals surface area contributed by atoms with E-state index in [0.29, 0.717) is 6.04 Å². The van der Waals surface area contributed by atoms with Crippen LogP contribution in [-0.4, -0.2) is 30.6 Å². The van der Waals surface area contributed by atoms with E-state index < -0.39 is 0 Å². The van der Waals surface area contributed by atoms with Gasteiger partial charge in [0.05, 0.1) is 0 Å². The van der Waals surface area contributed by atoms with Gasteiger partial charge in [0.15, 0.2) is 0 Å². The summed E-state index contributed by atoms with van der Waals surface area (Å²) >= 11 is 0. The van der Waals surface area contributed by atoms with E-state index in [-0.39, 0.29) is 11.9 Å². The highest BCUT2D eigenvalue weighted by Gasteiger charge is 2.20. The fourth-order valence-corrected chi connectivity index (χ4v) is 2.80. The topological polar surface area (TPSA) is 15.3 Å². The minimum Gasteiger partial charge on any atom is -0.307 e. The maximum Gasteiger partial charge on any atom is 0.123 e. The van der Waals surface area contributed by atoms with E-state index in [1.165, 1.54) is 30.5 Å². The van der Waals surface area contributed by atoms with Crippen molar-refractivity contribution in [3.63, 3.8) is 0 Å². The Labute approximate surface area is 128 Å². The fourth-order valence-electron chi connectivity index (χ4n) is 2.80. The molecule has 1 N–H and O–H groups in total. The number of allylic oxidation sites excluding steroid dienone is 1. The zero-order chi connectivity index (χ0) is 15.2. The molecular weight excluding hydrogens is 263 g/mol. The molecule has 0 amide bonds. The number of halogens is 1. The molecule has 0 bridgehead atoms. The lowest BCUT2D eigenvalue weighted by Crippen LogP contribution is -2.43. The number of benzene rings is 1. The maximum absolute atomic E-state index is 13.0. The molecule has 1 aliphatic heterocycles. The maximum atomic E-state index is 13.0. The third-order valence-electron chi connectivity index (χ3n) is 4.20. The molecule has 1 aromatic rings. The first-order valence-electron chi connectivity index (χ1n) is 7.92. The summed E-state index contributed by atoms with van der Waals surface area (Å²) in [6.45, 7) is 9.83. The monoisotopic (exact) mass is 290 g/mol. The average molecular weight is 290 g/mol. The van der Waals surface area contributed by atoms with Crippen LogP contribution in [0.25, 0.3) is 0 Å². The van der Waals surface area contributed by atoms with Crippen LogP contribution in [0, 0.1) is 5.82 Å². The molecule has 0 spiro atoms. The van der Waals surface area contributed by atoms with E-state index in [9.17, 15) is 4.39 Å². The Kier molecular flexibility index (Phi) is 5.95. The van der Waals surface area contributed by atoms with Crippen LogP contribution in [0.15, 0.2) is 35.9 Å². The Morgan fingerprint density at radius 1 is 1.29 bits per heavy atom. The third-order valence-corrected chi connectivity index (χ3v) is 4.20. The predicted octanol–water partition coefficient (Wildman–Crippen LogP) is 3.91. The standard InChI is InChI=1S/C18H27FN2/c1-14(2)8-11-21-12-9-18(10-13-21)20-15(3)16-4-6-17(19)7-5-16/h4-8,15,18,20H,9-13H2,1-3H3/t15-/m1/s1. The summed E-state index contributed by atoms with van der Waals surface area (Å²) in [7, 11) is 0. The summed E-state index contributed by atoms with van der Waals surface area (Å²) in [5.41, 5.74) is 2.54. The van der Waals surface area contributed by atoms with E-state index in [4.69, 9.17) is 0 Å². The molecule has 21 heavy (non-hydrogen) atoms. The molecule has 0 radical (unpaired) electrons. The second-order valence-electron chi connectivity index (χ2n) is 6.30. The summed E-state index contributed by atoms with van der Waals surface area (Å²) in [6, 6.07) is 7.66. The number of rotatable bonds is 5. The SMILES string of the molecule is CC(C)=CCN1CCC(N[C@H](C)c2ccc(F)cc2)CC1. The predicted molar refractivity (Wildman–Crippen MR) is 86.8 cm³/mol. The van der Waals surface area contributed by atoms with Gasteiger partial charge in [-0.15, -0.1) is 0 Å². The van der Waals surface area contributed by atoms with Crippen molar-refractivity contribution < 1.29 is 4.39 Å². The summed E-state index contributed by atoms with van der Waals surface area (Å²) in [5.74, 6) is -0.168. The Hall–Kier alpha value is -1.19. The van der Waals surface area contributed by atoms with Crippen molar-refractivity contribution in [2.45, 2.75) is 45.7 Å². The van der Waals surface area contributed by atoms with Crippen molar-refractivity contribution in [3.8, 4) is 0 Å². The molecule has 0 saturated carbocycles. The molecule has 3 heteroatoms. The number of hydrogen-bond donors (Lipinski definition) is 1. The first kappa shape index (κ1) is 16.2. The van der Waals surface area contributed by atoms with Crippen molar-refractivity contribution in [1.82, 2.24) is 10.2 Å². The number of nitrogens with zero attached hydrogens (tertiary/aromatic N) is 1. The van der Waals surface area contributed by atoms with Crippen LogP contribution in [-0.2, 0) is 0 Å².